The van der Waals surface area contributed by atoms with Crippen LogP contribution in [-0.2, 0) is 0 Å². The lowest BCUT2D eigenvalue weighted by Crippen LogP contribution is -2.12. The average Bonchev–Trinajstić information content (AvgIpc) is 2.72. The van der Waals surface area contributed by atoms with Crippen LogP contribution in [0.2, 0.25) is 0 Å². The van der Waals surface area contributed by atoms with Gasteiger partial charge < -0.3 is 4.74 Å². The first-order chi connectivity index (χ1) is 13.7. The van der Waals surface area contributed by atoms with Gasteiger partial charge in [-0.2, -0.15) is 13.8 Å². The molecule has 3 rings (SSSR count). The summed E-state index contributed by atoms with van der Waals surface area (Å²) in [6, 6.07) is 11.0. The zero-order chi connectivity index (χ0) is 19.8. The first-order valence-electron chi connectivity index (χ1n) is 10.2. The molecule has 0 N–H and O–H groups in total. The van der Waals surface area contributed by atoms with Gasteiger partial charge in [0.05, 0.1) is 12.2 Å². The van der Waals surface area contributed by atoms with Crippen molar-refractivity contribution in [2.24, 2.45) is 5.92 Å². The van der Waals surface area contributed by atoms with Gasteiger partial charge in [0.25, 0.3) is 0 Å². The van der Waals surface area contributed by atoms with Gasteiger partial charge in [0.1, 0.15) is 5.75 Å². The Morgan fingerprint density at radius 3 is 2.43 bits per heavy atom. The Hall–Kier alpha value is -2.41. The zero-order valence-corrected chi connectivity index (χ0v) is 16.4. The third-order valence-corrected chi connectivity index (χ3v) is 5.32. The van der Waals surface area contributed by atoms with Crippen molar-refractivity contribution in [3.05, 3.63) is 59.4 Å². The number of hydrogen-bond donors (Lipinski definition) is 0. The highest BCUT2D eigenvalue weighted by atomic mass is 19.1. The van der Waals surface area contributed by atoms with Gasteiger partial charge in [-0.1, -0.05) is 43.7 Å². The monoisotopic (exact) mass is 383 g/mol. The maximum Gasteiger partial charge on any atom is 0.231 e. The molecule has 0 atom stereocenters. The van der Waals surface area contributed by atoms with Crippen molar-refractivity contribution in [2.45, 2.75) is 57.8 Å². The fourth-order valence-electron chi connectivity index (χ4n) is 3.63. The second kappa shape index (κ2) is 10.2. The van der Waals surface area contributed by atoms with Crippen LogP contribution in [0.5, 0.6) is 5.75 Å². The fraction of sp³-hybridized carbons (Fsp3) is 0.458. The molecule has 2 aromatic rings. The molecule has 1 aromatic carbocycles. The first-order valence-corrected chi connectivity index (χ1v) is 10.2. The maximum absolute atomic E-state index is 13.6. The van der Waals surface area contributed by atoms with Crippen molar-refractivity contribution < 1.29 is 13.5 Å². The number of rotatable bonds is 6. The van der Waals surface area contributed by atoms with E-state index in [4.69, 9.17) is 4.74 Å². The minimum absolute atomic E-state index is 0.165. The van der Waals surface area contributed by atoms with Crippen LogP contribution in [0.1, 0.15) is 68.9 Å². The van der Waals surface area contributed by atoms with Crippen molar-refractivity contribution in [3.8, 4) is 17.6 Å². The van der Waals surface area contributed by atoms with Crippen LogP contribution in [-0.4, -0.2) is 11.6 Å². The van der Waals surface area contributed by atoms with Gasteiger partial charge >= 0.3 is 0 Å². The smallest absolute Gasteiger partial charge is 0.231 e. The number of pyridine rings is 1. The van der Waals surface area contributed by atoms with Gasteiger partial charge in [0.15, 0.2) is 0 Å². The highest BCUT2D eigenvalue weighted by molar-refractivity contribution is 5.34. The molecular formula is C24H27F2NO. The van der Waals surface area contributed by atoms with Crippen LogP contribution in [0.25, 0.3) is 0 Å². The number of ether oxygens (including phenoxy) is 1. The second-order valence-corrected chi connectivity index (χ2v) is 7.41. The van der Waals surface area contributed by atoms with Gasteiger partial charge in [0, 0.05) is 5.92 Å². The Balaban J connectivity index is 1.49. The number of hydrogen-bond acceptors (Lipinski definition) is 2. The molecule has 2 nitrogen and oxygen atoms in total. The Bertz CT molecular complexity index is 815. The van der Waals surface area contributed by atoms with Gasteiger partial charge in [0.2, 0.25) is 11.9 Å². The second-order valence-electron chi connectivity index (χ2n) is 7.41. The molecule has 1 aliphatic carbocycles. The van der Waals surface area contributed by atoms with Crippen molar-refractivity contribution in [3.63, 3.8) is 0 Å². The van der Waals surface area contributed by atoms with Crippen LogP contribution < -0.4 is 4.74 Å². The summed E-state index contributed by atoms with van der Waals surface area (Å²) in [7, 11) is 0. The lowest BCUT2D eigenvalue weighted by atomic mass is 9.79. The van der Waals surface area contributed by atoms with Gasteiger partial charge in [-0.15, -0.1) is 0 Å². The molecule has 1 aromatic heterocycles. The maximum atomic E-state index is 13.6. The molecule has 1 aliphatic rings. The largest absolute Gasteiger partial charge is 0.494 e. The fourth-order valence-corrected chi connectivity index (χ4v) is 3.63. The van der Waals surface area contributed by atoms with Gasteiger partial charge in [-0.25, -0.2) is 0 Å². The van der Waals surface area contributed by atoms with E-state index >= 15 is 0 Å². The lowest BCUT2D eigenvalue weighted by molar-refractivity contribution is 0.306. The standard InChI is InChI=1S/C24H27F2NO/c1-2-3-4-17-28-22-14-11-20(12-15-22)19-8-5-18(6-9-19)7-10-21-13-16-23(25)27-24(21)26/h11-16,18-19H,2-6,8-9,17H2,1H3/t18-,19-. The summed E-state index contributed by atoms with van der Waals surface area (Å²) < 4.78 is 32.2. The minimum atomic E-state index is -0.835. The molecule has 1 heterocycles. The summed E-state index contributed by atoms with van der Waals surface area (Å²) >= 11 is 0. The third kappa shape index (κ3) is 5.79. The van der Waals surface area contributed by atoms with Gasteiger partial charge in [-0.3, -0.25) is 0 Å². The van der Waals surface area contributed by atoms with Crippen LogP contribution in [0.3, 0.4) is 0 Å². The van der Waals surface area contributed by atoms with Crippen LogP contribution >= 0.6 is 0 Å². The quantitative estimate of drug-likeness (QED) is 0.334. The van der Waals surface area contributed by atoms with E-state index in [1.165, 1.54) is 24.5 Å². The zero-order valence-electron chi connectivity index (χ0n) is 16.4. The van der Waals surface area contributed by atoms with E-state index < -0.39 is 11.9 Å². The van der Waals surface area contributed by atoms with E-state index in [2.05, 4.69) is 48.0 Å². The summed E-state index contributed by atoms with van der Waals surface area (Å²) in [6.07, 6.45) is 7.62. The van der Waals surface area contributed by atoms with E-state index in [9.17, 15) is 8.78 Å². The van der Waals surface area contributed by atoms with Crippen LogP contribution in [0.15, 0.2) is 36.4 Å². The Morgan fingerprint density at radius 1 is 1.00 bits per heavy atom. The predicted molar refractivity (Wildman–Crippen MR) is 107 cm³/mol. The molecular weight excluding hydrogens is 356 g/mol. The SMILES string of the molecule is CCCCCOc1ccc([C@H]2CC[C@H](C#Cc3ccc(F)nc3F)CC2)cc1. The predicted octanol–water partition coefficient (Wildman–Crippen LogP) is 6.25. The molecule has 0 unspecified atom stereocenters. The molecule has 148 valence electrons. The van der Waals surface area contributed by atoms with E-state index in [-0.39, 0.29) is 11.5 Å². The van der Waals surface area contributed by atoms with Crippen molar-refractivity contribution in [1.29, 1.82) is 0 Å². The van der Waals surface area contributed by atoms with Crippen molar-refractivity contribution >= 4 is 0 Å². The van der Waals surface area contributed by atoms with E-state index in [1.807, 2.05) is 0 Å². The molecule has 0 saturated heterocycles. The molecule has 1 saturated carbocycles. The highest BCUT2D eigenvalue weighted by Gasteiger charge is 2.21. The Kier molecular flexibility index (Phi) is 7.42. The summed E-state index contributed by atoms with van der Waals surface area (Å²) in [5.74, 6) is 6.05. The van der Waals surface area contributed by atoms with Crippen molar-refractivity contribution in [1.82, 2.24) is 4.98 Å². The normalized spacial score (nSPS) is 19.0. The summed E-state index contributed by atoms with van der Waals surface area (Å²) in [5, 5.41) is 0. The van der Waals surface area contributed by atoms with Crippen molar-refractivity contribution in [2.75, 3.05) is 6.61 Å². The molecule has 0 aliphatic heterocycles. The number of aromatic nitrogens is 1. The number of unbranched alkanes of at least 4 members (excludes halogenated alkanes) is 2. The Labute approximate surface area is 166 Å². The molecule has 4 heteroatoms. The third-order valence-electron chi connectivity index (χ3n) is 5.32. The number of benzene rings is 1. The highest BCUT2D eigenvalue weighted by Crippen LogP contribution is 2.36. The summed E-state index contributed by atoms with van der Waals surface area (Å²) in [4.78, 5) is 3.18. The van der Waals surface area contributed by atoms with Crippen LogP contribution in [0.4, 0.5) is 8.78 Å². The van der Waals surface area contributed by atoms with Gasteiger partial charge in [-0.05, 0) is 67.9 Å². The molecule has 1 fully saturated rings. The molecule has 0 bridgehead atoms. The summed E-state index contributed by atoms with van der Waals surface area (Å²) in [5.41, 5.74) is 1.51. The summed E-state index contributed by atoms with van der Waals surface area (Å²) in [6.45, 7) is 2.97. The number of halogens is 2. The first kappa shape index (κ1) is 20.3. The average molecular weight is 383 g/mol. The van der Waals surface area contributed by atoms with Crippen LogP contribution in [0, 0.1) is 29.7 Å². The minimum Gasteiger partial charge on any atom is -0.494 e. The molecule has 0 spiro atoms. The van der Waals surface area contributed by atoms with E-state index in [1.54, 1.807) is 0 Å². The molecule has 0 amide bonds. The topological polar surface area (TPSA) is 22.1 Å². The number of nitrogens with zero attached hydrogens (tertiary/aromatic N) is 1. The molecule has 28 heavy (non-hydrogen) atoms. The van der Waals surface area contributed by atoms with E-state index in [0.29, 0.717) is 5.92 Å². The van der Waals surface area contributed by atoms with E-state index in [0.717, 1.165) is 50.5 Å². The molecule has 0 radical (unpaired) electrons. The Morgan fingerprint density at radius 2 is 1.75 bits per heavy atom. The lowest BCUT2D eigenvalue weighted by Gasteiger charge is -2.26.